The highest BCUT2D eigenvalue weighted by Crippen LogP contribution is 2.27. The Labute approximate surface area is 192 Å². The lowest BCUT2D eigenvalue weighted by atomic mass is 10.2. The quantitative estimate of drug-likeness (QED) is 0.303. The maximum atomic E-state index is 4.91. The molecule has 0 saturated carbocycles. The Morgan fingerprint density at radius 1 is 1.14 bits per heavy atom. The van der Waals surface area contributed by atoms with E-state index in [2.05, 4.69) is 56.5 Å². The lowest BCUT2D eigenvalue weighted by Gasteiger charge is -2.11. The number of hydrogen-bond acceptors (Lipinski definition) is 4. The smallest absolute Gasteiger partial charge is 0.191 e. The van der Waals surface area contributed by atoms with Crippen molar-refractivity contribution in [3.8, 4) is 5.69 Å². The summed E-state index contributed by atoms with van der Waals surface area (Å²) in [5.41, 5.74) is 6.07. The predicted molar refractivity (Wildman–Crippen MR) is 130 cm³/mol. The molecule has 2 aromatic heterocycles. The standard InChI is InChI=1S/C21H26N6S.HI/c1-14-20(28-15(2)25-14)13-24-21(22-3)23-12-18-17-10-7-11-19(17)27(26-18)16-8-5-4-6-9-16;/h4-6,8-9H,7,10-13H2,1-3H3,(H2,22,23,24);1H. The first-order chi connectivity index (χ1) is 13.7. The molecular weight excluding hydrogens is 495 g/mol. The molecule has 0 spiro atoms. The van der Waals surface area contributed by atoms with Gasteiger partial charge >= 0.3 is 0 Å². The number of aryl methyl sites for hydroxylation is 2. The normalized spacial score (nSPS) is 13.1. The van der Waals surface area contributed by atoms with Crippen molar-refractivity contribution in [2.75, 3.05) is 7.05 Å². The number of para-hydroxylation sites is 1. The Bertz CT molecular complexity index is 992. The van der Waals surface area contributed by atoms with Gasteiger partial charge in [0.15, 0.2) is 5.96 Å². The van der Waals surface area contributed by atoms with Crippen LogP contribution in [-0.4, -0.2) is 27.8 Å². The first-order valence-electron chi connectivity index (χ1n) is 9.68. The second-order valence-electron chi connectivity index (χ2n) is 6.99. The van der Waals surface area contributed by atoms with Crippen LogP contribution in [0.4, 0.5) is 0 Å². The Balaban J connectivity index is 0.00000240. The summed E-state index contributed by atoms with van der Waals surface area (Å²) >= 11 is 1.73. The zero-order valence-corrected chi connectivity index (χ0v) is 20.2. The number of nitrogens with one attached hydrogen (secondary N) is 2. The summed E-state index contributed by atoms with van der Waals surface area (Å²) < 4.78 is 2.11. The summed E-state index contributed by atoms with van der Waals surface area (Å²) in [6.07, 6.45) is 3.39. The molecule has 0 amide bonds. The summed E-state index contributed by atoms with van der Waals surface area (Å²) in [6.45, 7) is 5.49. The number of rotatable bonds is 5. The van der Waals surface area contributed by atoms with Crippen LogP contribution in [0.3, 0.4) is 0 Å². The summed E-state index contributed by atoms with van der Waals surface area (Å²) in [5, 5.41) is 12.8. The molecule has 0 radical (unpaired) electrons. The molecule has 0 saturated heterocycles. The van der Waals surface area contributed by atoms with Crippen LogP contribution in [0, 0.1) is 13.8 Å². The van der Waals surface area contributed by atoms with Crippen LogP contribution in [0.1, 0.15) is 39.0 Å². The molecule has 3 aromatic rings. The molecular formula is C21H27IN6S. The van der Waals surface area contributed by atoms with Gasteiger partial charge in [-0.3, -0.25) is 4.99 Å². The average molecular weight is 522 g/mol. The van der Waals surface area contributed by atoms with Crippen molar-refractivity contribution in [1.82, 2.24) is 25.4 Å². The predicted octanol–water partition coefficient (Wildman–Crippen LogP) is 3.92. The molecule has 0 unspecified atom stereocenters. The number of hydrogen-bond donors (Lipinski definition) is 2. The third kappa shape index (κ3) is 4.80. The molecule has 0 atom stereocenters. The van der Waals surface area contributed by atoms with Crippen molar-refractivity contribution in [2.24, 2.45) is 4.99 Å². The summed E-state index contributed by atoms with van der Waals surface area (Å²) in [6, 6.07) is 10.4. The van der Waals surface area contributed by atoms with E-state index in [9.17, 15) is 0 Å². The van der Waals surface area contributed by atoms with Gasteiger partial charge in [0, 0.05) is 17.6 Å². The molecule has 6 nitrogen and oxygen atoms in total. The molecule has 2 N–H and O–H groups in total. The first kappa shape index (κ1) is 21.8. The number of fused-ring (bicyclic) bond motifs is 1. The summed E-state index contributed by atoms with van der Waals surface area (Å²) in [5.74, 6) is 0.784. The van der Waals surface area contributed by atoms with Crippen molar-refractivity contribution < 1.29 is 0 Å². The minimum absolute atomic E-state index is 0. The molecule has 154 valence electrons. The lowest BCUT2D eigenvalue weighted by Crippen LogP contribution is -2.36. The van der Waals surface area contributed by atoms with Gasteiger partial charge in [-0.1, -0.05) is 18.2 Å². The van der Waals surface area contributed by atoms with Crippen LogP contribution in [-0.2, 0) is 25.9 Å². The third-order valence-corrected chi connectivity index (χ3v) is 6.15. The number of aliphatic imine (C=N–C) groups is 1. The molecule has 1 aromatic carbocycles. The van der Waals surface area contributed by atoms with Gasteiger partial charge in [-0.15, -0.1) is 35.3 Å². The van der Waals surface area contributed by atoms with Crippen molar-refractivity contribution in [1.29, 1.82) is 0 Å². The van der Waals surface area contributed by atoms with Crippen LogP contribution in [0.2, 0.25) is 0 Å². The second kappa shape index (κ2) is 9.71. The van der Waals surface area contributed by atoms with Crippen molar-refractivity contribution in [3.63, 3.8) is 0 Å². The van der Waals surface area contributed by atoms with Gasteiger partial charge in [-0.25, -0.2) is 9.67 Å². The zero-order valence-electron chi connectivity index (χ0n) is 17.0. The van der Waals surface area contributed by atoms with E-state index in [0.717, 1.165) is 47.4 Å². The van der Waals surface area contributed by atoms with Gasteiger partial charge in [0.05, 0.1) is 35.2 Å². The van der Waals surface area contributed by atoms with Gasteiger partial charge in [-0.2, -0.15) is 5.10 Å². The number of halogens is 1. The topological polar surface area (TPSA) is 67.1 Å². The number of nitrogens with zero attached hydrogens (tertiary/aromatic N) is 4. The SMILES string of the molecule is CN=C(NCc1nn(-c2ccccc2)c2c1CCC2)NCc1sc(C)nc1C.I. The molecule has 1 aliphatic carbocycles. The van der Waals surface area contributed by atoms with E-state index in [-0.39, 0.29) is 24.0 Å². The summed E-state index contributed by atoms with van der Waals surface area (Å²) in [4.78, 5) is 10.1. The number of guanidine groups is 1. The van der Waals surface area contributed by atoms with Crippen molar-refractivity contribution in [2.45, 2.75) is 46.2 Å². The van der Waals surface area contributed by atoms with E-state index in [4.69, 9.17) is 5.10 Å². The maximum absolute atomic E-state index is 4.91. The van der Waals surface area contributed by atoms with Gasteiger partial charge < -0.3 is 10.6 Å². The average Bonchev–Trinajstić information content (AvgIpc) is 3.39. The van der Waals surface area contributed by atoms with E-state index in [1.54, 1.807) is 18.4 Å². The Morgan fingerprint density at radius 2 is 1.90 bits per heavy atom. The molecule has 0 bridgehead atoms. The molecule has 1 aliphatic rings. The van der Waals surface area contributed by atoms with E-state index < -0.39 is 0 Å². The minimum Gasteiger partial charge on any atom is -0.351 e. The van der Waals surface area contributed by atoms with E-state index >= 15 is 0 Å². The van der Waals surface area contributed by atoms with Crippen LogP contribution in [0.5, 0.6) is 0 Å². The number of aromatic nitrogens is 3. The largest absolute Gasteiger partial charge is 0.351 e. The van der Waals surface area contributed by atoms with E-state index in [1.165, 1.54) is 22.6 Å². The Hall–Kier alpha value is -1.94. The maximum Gasteiger partial charge on any atom is 0.191 e. The highest BCUT2D eigenvalue weighted by molar-refractivity contribution is 14.0. The minimum atomic E-state index is 0. The molecule has 8 heteroatoms. The van der Waals surface area contributed by atoms with Crippen LogP contribution >= 0.6 is 35.3 Å². The second-order valence-corrected chi connectivity index (χ2v) is 8.28. The van der Waals surface area contributed by atoms with Gasteiger partial charge in [-0.05, 0) is 50.8 Å². The fraction of sp³-hybridized carbons (Fsp3) is 0.381. The summed E-state index contributed by atoms with van der Waals surface area (Å²) in [7, 11) is 1.80. The van der Waals surface area contributed by atoms with Crippen LogP contribution in [0.25, 0.3) is 5.69 Å². The first-order valence-corrected chi connectivity index (χ1v) is 10.5. The van der Waals surface area contributed by atoms with Crippen molar-refractivity contribution in [3.05, 3.63) is 62.9 Å². The fourth-order valence-electron chi connectivity index (χ4n) is 3.73. The van der Waals surface area contributed by atoms with Gasteiger partial charge in [0.25, 0.3) is 0 Å². The monoisotopic (exact) mass is 522 g/mol. The van der Waals surface area contributed by atoms with E-state index in [1.807, 2.05) is 13.0 Å². The number of benzene rings is 1. The van der Waals surface area contributed by atoms with Crippen molar-refractivity contribution >= 4 is 41.3 Å². The third-order valence-electron chi connectivity index (χ3n) is 5.08. The zero-order chi connectivity index (χ0) is 19.5. The lowest BCUT2D eigenvalue weighted by molar-refractivity contribution is 0.732. The molecule has 0 fully saturated rings. The van der Waals surface area contributed by atoms with Crippen LogP contribution in [0.15, 0.2) is 35.3 Å². The molecule has 2 heterocycles. The fourth-order valence-corrected chi connectivity index (χ4v) is 4.61. The molecule has 29 heavy (non-hydrogen) atoms. The van der Waals surface area contributed by atoms with Gasteiger partial charge in [0.2, 0.25) is 0 Å². The van der Waals surface area contributed by atoms with Gasteiger partial charge in [0.1, 0.15) is 0 Å². The number of thiazole rings is 1. The Morgan fingerprint density at radius 3 is 2.59 bits per heavy atom. The Kier molecular flexibility index (Phi) is 7.28. The van der Waals surface area contributed by atoms with E-state index in [0.29, 0.717) is 6.54 Å². The highest BCUT2D eigenvalue weighted by Gasteiger charge is 2.23. The highest BCUT2D eigenvalue weighted by atomic mass is 127. The molecule has 4 rings (SSSR count). The molecule has 0 aliphatic heterocycles. The van der Waals surface area contributed by atoms with Crippen LogP contribution < -0.4 is 10.6 Å².